The summed E-state index contributed by atoms with van der Waals surface area (Å²) >= 11 is 0. The fourth-order valence-electron chi connectivity index (χ4n) is 1.59. The normalized spacial score (nSPS) is 14.3. The molecule has 3 N–H and O–H groups in total. The Hall–Kier alpha value is -1.85. The Morgan fingerprint density at radius 1 is 1.47 bits per heavy atom. The largest absolute Gasteiger partial charge is 0.491 e. The number of benzene rings is 1. The van der Waals surface area contributed by atoms with E-state index >= 15 is 0 Å². The van der Waals surface area contributed by atoms with Crippen LogP contribution in [0.5, 0.6) is 5.75 Å². The Kier molecular flexibility index (Phi) is 6.05. The molecule has 0 saturated heterocycles. The summed E-state index contributed by atoms with van der Waals surface area (Å²) in [6.45, 7) is 1.84. The van der Waals surface area contributed by atoms with Gasteiger partial charge in [0, 0.05) is 12.0 Å². The molecule has 1 aromatic rings. The highest BCUT2D eigenvalue weighted by Crippen LogP contribution is 2.25. The van der Waals surface area contributed by atoms with Crippen LogP contribution in [0.15, 0.2) is 36.4 Å². The third-order valence-corrected chi connectivity index (χ3v) is 2.60. The van der Waals surface area contributed by atoms with Gasteiger partial charge in [0.1, 0.15) is 12.4 Å². The lowest BCUT2D eigenvalue weighted by Gasteiger charge is -2.16. The Labute approximate surface area is 111 Å². The van der Waals surface area contributed by atoms with E-state index in [2.05, 4.69) is 0 Å². The zero-order chi connectivity index (χ0) is 14.3. The molecule has 1 rings (SSSR count). The summed E-state index contributed by atoms with van der Waals surface area (Å²) in [5, 5.41) is 27.3. The van der Waals surface area contributed by atoms with Gasteiger partial charge in [-0.2, -0.15) is 0 Å². The third-order valence-electron chi connectivity index (χ3n) is 2.60. The zero-order valence-corrected chi connectivity index (χ0v) is 10.7. The van der Waals surface area contributed by atoms with Crippen molar-refractivity contribution >= 4 is 5.97 Å². The van der Waals surface area contributed by atoms with E-state index in [1.807, 2.05) is 0 Å². The molecule has 2 atom stereocenters. The fraction of sp³-hybridized carbons (Fsp3) is 0.357. The first-order chi connectivity index (χ1) is 9.04. The molecule has 0 aliphatic carbocycles. The van der Waals surface area contributed by atoms with Gasteiger partial charge in [0.25, 0.3) is 0 Å². The van der Waals surface area contributed by atoms with Gasteiger partial charge in [-0.15, -0.1) is 0 Å². The number of hydrogen-bond donors (Lipinski definition) is 3. The van der Waals surface area contributed by atoms with Crippen molar-refractivity contribution in [2.24, 2.45) is 5.92 Å². The van der Waals surface area contributed by atoms with E-state index in [0.717, 1.165) is 6.08 Å². The maximum atomic E-state index is 10.4. The number of rotatable bonds is 7. The molecule has 5 heteroatoms. The van der Waals surface area contributed by atoms with Crippen LogP contribution in [0, 0.1) is 5.92 Å². The highest BCUT2D eigenvalue weighted by Gasteiger charge is 2.14. The molecular formula is C14H18O5. The molecule has 0 aliphatic rings. The van der Waals surface area contributed by atoms with Crippen molar-refractivity contribution in [3.05, 3.63) is 42.0 Å². The molecule has 0 aliphatic heterocycles. The van der Waals surface area contributed by atoms with E-state index in [1.54, 1.807) is 31.2 Å². The van der Waals surface area contributed by atoms with E-state index in [0.29, 0.717) is 11.3 Å². The number of carboxylic acids is 1. The summed E-state index contributed by atoms with van der Waals surface area (Å²) in [5.74, 6) is -0.816. The van der Waals surface area contributed by atoms with Crippen LogP contribution in [0.4, 0.5) is 0 Å². The van der Waals surface area contributed by atoms with Crippen LogP contribution < -0.4 is 4.74 Å². The van der Waals surface area contributed by atoms with Crippen molar-refractivity contribution in [1.82, 2.24) is 0 Å². The van der Waals surface area contributed by atoms with Crippen molar-refractivity contribution < 1.29 is 24.9 Å². The molecule has 0 heterocycles. The second-order valence-corrected chi connectivity index (χ2v) is 4.15. The number of carboxylic acid groups (broad SMARTS) is 1. The molecule has 0 fully saturated rings. The SMILES string of the molecule is C[C@H](/C=C/C(=O)O)[C@@H](O)c1cccc(OCCO)c1. The van der Waals surface area contributed by atoms with Gasteiger partial charge in [-0.05, 0) is 17.7 Å². The van der Waals surface area contributed by atoms with Crippen LogP contribution in [0.3, 0.4) is 0 Å². The number of carbonyl (C=O) groups is 1. The fourth-order valence-corrected chi connectivity index (χ4v) is 1.59. The summed E-state index contributed by atoms with van der Waals surface area (Å²) in [6, 6.07) is 6.87. The lowest BCUT2D eigenvalue weighted by molar-refractivity contribution is -0.131. The van der Waals surface area contributed by atoms with Crippen molar-refractivity contribution in [1.29, 1.82) is 0 Å². The van der Waals surface area contributed by atoms with Crippen LogP contribution in [0.25, 0.3) is 0 Å². The van der Waals surface area contributed by atoms with Crippen LogP contribution in [-0.2, 0) is 4.79 Å². The van der Waals surface area contributed by atoms with Gasteiger partial charge in [0.15, 0.2) is 0 Å². The molecule has 104 valence electrons. The van der Waals surface area contributed by atoms with Crippen LogP contribution in [0.2, 0.25) is 0 Å². The molecule has 5 nitrogen and oxygen atoms in total. The minimum absolute atomic E-state index is 0.0788. The van der Waals surface area contributed by atoms with Crippen LogP contribution in [0.1, 0.15) is 18.6 Å². The average molecular weight is 266 g/mol. The van der Waals surface area contributed by atoms with Crippen molar-refractivity contribution in [3.63, 3.8) is 0 Å². The van der Waals surface area contributed by atoms with Crippen molar-refractivity contribution in [2.45, 2.75) is 13.0 Å². The Morgan fingerprint density at radius 2 is 2.21 bits per heavy atom. The Morgan fingerprint density at radius 3 is 2.84 bits per heavy atom. The molecule has 1 aromatic carbocycles. The Bertz CT molecular complexity index is 441. The molecule has 0 bridgehead atoms. The molecule has 19 heavy (non-hydrogen) atoms. The van der Waals surface area contributed by atoms with E-state index in [-0.39, 0.29) is 19.1 Å². The zero-order valence-electron chi connectivity index (χ0n) is 10.7. The average Bonchev–Trinajstić information content (AvgIpc) is 2.41. The number of aliphatic hydroxyl groups is 2. The van der Waals surface area contributed by atoms with Crippen molar-refractivity contribution in [2.75, 3.05) is 13.2 Å². The second kappa shape index (κ2) is 7.56. The highest BCUT2D eigenvalue weighted by molar-refractivity contribution is 5.79. The van der Waals surface area contributed by atoms with Gasteiger partial charge in [-0.3, -0.25) is 0 Å². The molecule has 0 spiro atoms. The molecule has 0 aromatic heterocycles. The predicted octanol–water partition coefficient (Wildman–Crippen LogP) is 1.37. The van der Waals surface area contributed by atoms with E-state index in [9.17, 15) is 9.90 Å². The lowest BCUT2D eigenvalue weighted by Crippen LogP contribution is -2.08. The minimum atomic E-state index is -1.04. The summed E-state index contributed by atoms with van der Waals surface area (Å²) in [7, 11) is 0. The van der Waals surface area contributed by atoms with Gasteiger partial charge in [-0.25, -0.2) is 4.79 Å². The molecule has 0 radical (unpaired) electrons. The molecule has 0 saturated carbocycles. The van der Waals surface area contributed by atoms with Gasteiger partial charge in [-0.1, -0.05) is 25.1 Å². The maximum Gasteiger partial charge on any atom is 0.327 e. The summed E-state index contributed by atoms with van der Waals surface area (Å²) in [5.41, 5.74) is 0.637. The molecular weight excluding hydrogens is 248 g/mol. The second-order valence-electron chi connectivity index (χ2n) is 4.15. The lowest BCUT2D eigenvalue weighted by atomic mass is 9.97. The maximum absolute atomic E-state index is 10.4. The summed E-state index contributed by atoms with van der Waals surface area (Å²) < 4.78 is 5.25. The number of hydrogen-bond acceptors (Lipinski definition) is 4. The van der Waals surface area contributed by atoms with E-state index < -0.39 is 12.1 Å². The first-order valence-electron chi connectivity index (χ1n) is 5.97. The minimum Gasteiger partial charge on any atom is -0.491 e. The van der Waals surface area contributed by atoms with Gasteiger partial charge in [0.2, 0.25) is 0 Å². The van der Waals surface area contributed by atoms with Crippen LogP contribution >= 0.6 is 0 Å². The third kappa shape index (κ3) is 5.11. The number of ether oxygens (including phenoxy) is 1. The number of aliphatic hydroxyl groups excluding tert-OH is 2. The van der Waals surface area contributed by atoms with E-state index in [1.165, 1.54) is 6.08 Å². The van der Waals surface area contributed by atoms with Crippen LogP contribution in [-0.4, -0.2) is 34.5 Å². The number of aliphatic carboxylic acids is 1. The monoisotopic (exact) mass is 266 g/mol. The van der Waals surface area contributed by atoms with Crippen molar-refractivity contribution in [3.8, 4) is 5.75 Å². The quantitative estimate of drug-likeness (QED) is 0.649. The summed E-state index contributed by atoms with van der Waals surface area (Å²) in [6.07, 6.45) is 1.64. The van der Waals surface area contributed by atoms with Gasteiger partial charge < -0.3 is 20.1 Å². The van der Waals surface area contributed by atoms with Gasteiger partial charge in [0.05, 0.1) is 12.7 Å². The predicted molar refractivity (Wildman–Crippen MR) is 69.9 cm³/mol. The topological polar surface area (TPSA) is 87.0 Å². The summed E-state index contributed by atoms with van der Waals surface area (Å²) in [4.78, 5) is 10.4. The first kappa shape index (κ1) is 15.2. The van der Waals surface area contributed by atoms with Gasteiger partial charge >= 0.3 is 5.97 Å². The standard InChI is InChI=1S/C14H18O5/c1-10(5-6-13(16)17)14(18)11-3-2-4-12(9-11)19-8-7-15/h2-6,9-10,14-15,18H,7-8H2,1H3,(H,16,17)/b6-5+/t10-,14-/m1/s1. The highest BCUT2D eigenvalue weighted by atomic mass is 16.5. The molecule has 0 amide bonds. The molecule has 0 unspecified atom stereocenters. The van der Waals surface area contributed by atoms with E-state index in [4.69, 9.17) is 14.9 Å². The first-order valence-corrected chi connectivity index (χ1v) is 5.97. The Balaban J connectivity index is 2.75. The smallest absolute Gasteiger partial charge is 0.327 e.